The molecule has 3 rings (SSSR count). The highest BCUT2D eigenvalue weighted by Gasteiger charge is 2.17. The van der Waals surface area contributed by atoms with E-state index in [0.717, 1.165) is 53.6 Å². The molecule has 0 aliphatic carbocycles. The Morgan fingerprint density at radius 1 is 1.19 bits per heavy atom. The summed E-state index contributed by atoms with van der Waals surface area (Å²) < 4.78 is 12.9. The van der Waals surface area contributed by atoms with E-state index in [1.54, 1.807) is 13.4 Å². The molecule has 0 spiro atoms. The van der Waals surface area contributed by atoms with Gasteiger partial charge in [-0.05, 0) is 62.4 Å². The normalized spacial score (nSPS) is 12.6. The molecule has 0 radical (unpaired) electrons. The summed E-state index contributed by atoms with van der Waals surface area (Å²) in [5.74, 6) is 2.29. The lowest BCUT2D eigenvalue weighted by Gasteiger charge is -2.16. The highest BCUT2D eigenvalue weighted by molar-refractivity contribution is 7.80. The SMILES string of the molecule is COc1ccc(-n2cnnc2C)c(C(=NCCC(O)NCCCOCCCS)c2ccc(Cl)cc2)c1. The molecule has 36 heavy (non-hydrogen) atoms. The highest BCUT2D eigenvalue weighted by Crippen LogP contribution is 2.26. The minimum atomic E-state index is -0.664. The molecule has 0 bridgehead atoms. The summed E-state index contributed by atoms with van der Waals surface area (Å²) in [6.07, 6.45) is 3.24. The third-order valence-electron chi connectivity index (χ3n) is 5.52. The van der Waals surface area contributed by atoms with Crippen molar-refractivity contribution in [2.75, 3.05) is 39.2 Å². The molecule has 0 aliphatic heterocycles. The maximum atomic E-state index is 10.4. The summed E-state index contributed by atoms with van der Waals surface area (Å²) in [7, 11) is 1.63. The van der Waals surface area contributed by atoms with Gasteiger partial charge in [0.05, 0.1) is 18.5 Å². The number of aliphatic hydroxyl groups is 1. The number of aliphatic hydroxyl groups excluding tert-OH is 1. The van der Waals surface area contributed by atoms with Gasteiger partial charge in [0, 0.05) is 42.3 Å². The molecular formula is C26H34ClN5O3S. The molecule has 8 nitrogen and oxygen atoms in total. The maximum absolute atomic E-state index is 10.4. The predicted molar refractivity (Wildman–Crippen MR) is 147 cm³/mol. The molecule has 0 fully saturated rings. The maximum Gasteiger partial charge on any atom is 0.134 e. The number of ether oxygens (including phenoxy) is 2. The number of rotatable bonds is 15. The van der Waals surface area contributed by atoms with E-state index in [1.165, 1.54) is 0 Å². The first-order valence-corrected chi connectivity index (χ1v) is 13.0. The van der Waals surface area contributed by atoms with Gasteiger partial charge in [0.15, 0.2) is 0 Å². The zero-order chi connectivity index (χ0) is 25.8. The van der Waals surface area contributed by atoms with E-state index in [1.807, 2.05) is 54.0 Å². The van der Waals surface area contributed by atoms with Crippen LogP contribution < -0.4 is 10.1 Å². The predicted octanol–water partition coefficient (Wildman–Crippen LogP) is 4.10. The summed E-state index contributed by atoms with van der Waals surface area (Å²) in [4.78, 5) is 4.92. The molecule has 10 heteroatoms. The number of aromatic nitrogens is 3. The van der Waals surface area contributed by atoms with Gasteiger partial charge >= 0.3 is 0 Å². The van der Waals surface area contributed by atoms with Crippen molar-refractivity contribution in [1.82, 2.24) is 20.1 Å². The molecule has 2 aromatic carbocycles. The molecule has 2 N–H and O–H groups in total. The standard InChI is InChI=1S/C26H34ClN5O3S/c1-19-31-30-18-32(19)24-10-9-22(34-2)17-23(24)26(20-5-7-21(27)8-6-20)29-13-11-25(33)28-12-3-14-35-15-4-16-36/h5-10,17-18,25,28,33,36H,3-4,11-16H2,1-2H3. The van der Waals surface area contributed by atoms with Crippen molar-refractivity contribution in [1.29, 1.82) is 0 Å². The zero-order valence-corrected chi connectivity index (χ0v) is 22.4. The van der Waals surface area contributed by atoms with Crippen molar-refractivity contribution in [3.63, 3.8) is 0 Å². The van der Waals surface area contributed by atoms with E-state index in [4.69, 9.17) is 26.1 Å². The molecule has 1 aromatic heterocycles. The highest BCUT2D eigenvalue weighted by atomic mass is 35.5. The van der Waals surface area contributed by atoms with E-state index < -0.39 is 6.23 Å². The Kier molecular flexibility index (Phi) is 11.7. The van der Waals surface area contributed by atoms with Gasteiger partial charge in [-0.3, -0.25) is 14.9 Å². The number of thiol groups is 1. The fraction of sp³-hybridized carbons (Fsp3) is 0.423. The summed E-state index contributed by atoms with van der Waals surface area (Å²) >= 11 is 10.3. The van der Waals surface area contributed by atoms with Crippen LogP contribution in [0.15, 0.2) is 53.8 Å². The van der Waals surface area contributed by atoms with Crippen LogP contribution in [0.2, 0.25) is 5.02 Å². The Morgan fingerprint density at radius 2 is 1.97 bits per heavy atom. The average Bonchev–Trinajstić information content (AvgIpc) is 3.32. The van der Waals surface area contributed by atoms with Crippen LogP contribution >= 0.6 is 24.2 Å². The number of halogens is 1. The Balaban J connectivity index is 1.78. The molecule has 0 aliphatic rings. The smallest absolute Gasteiger partial charge is 0.134 e. The number of aryl methyl sites for hydroxylation is 1. The molecule has 1 unspecified atom stereocenters. The van der Waals surface area contributed by atoms with Gasteiger partial charge in [-0.25, -0.2) is 0 Å². The van der Waals surface area contributed by atoms with Gasteiger partial charge in [0.25, 0.3) is 0 Å². The van der Waals surface area contributed by atoms with Gasteiger partial charge in [-0.15, -0.1) is 10.2 Å². The van der Waals surface area contributed by atoms with Crippen LogP contribution in [0.4, 0.5) is 0 Å². The number of nitrogens with zero attached hydrogens (tertiary/aromatic N) is 4. The molecule has 0 saturated heterocycles. The number of hydrogen-bond donors (Lipinski definition) is 3. The average molecular weight is 532 g/mol. The van der Waals surface area contributed by atoms with Crippen LogP contribution in [-0.4, -0.2) is 71.0 Å². The van der Waals surface area contributed by atoms with Crippen molar-refractivity contribution in [3.05, 3.63) is 70.8 Å². The second-order valence-electron chi connectivity index (χ2n) is 8.17. The Labute approximate surface area is 223 Å². The Bertz CT molecular complexity index is 1110. The summed E-state index contributed by atoms with van der Waals surface area (Å²) in [6, 6.07) is 13.4. The zero-order valence-electron chi connectivity index (χ0n) is 20.7. The molecule has 1 atom stereocenters. The van der Waals surface area contributed by atoms with Crippen LogP contribution in [0.1, 0.15) is 36.2 Å². The lowest BCUT2D eigenvalue weighted by Crippen LogP contribution is -2.31. The first-order valence-electron chi connectivity index (χ1n) is 12.0. The van der Waals surface area contributed by atoms with Crippen molar-refractivity contribution < 1.29 is 14.6 Å². The van der Waals surface area contributed by atoms with Gasteiger partial charge in [0.2, 0.25) is 0 Å². The van der Waals surface area contributed by atoms with Gasteiger partial charge < -0.3 is 14.6 Å². The summed E-state index contributed by atoms with van der Waals surface area (Å²) in [6.45, 7) is 4.36. The van der Waals surface area contributed by atoms with Crippen molar-refractivity contribution in [2.45, 2.75) is 32.4 Å². The van der Waals surface area contributed by atoms with Crippen LogP contribution in [0.3, 0.4) is 0 Å². The van der Waals surface area contributed by atoms with Crippen molar-refractivity contribution >= 4 is 29.9 Å². The Morgan fingerprint density at radius 3 is 2.67 bits per heavy atom. The number of methoxy groups -OCH3 is 1. The minimum Gasteiger partial charge on any atom is -0.497 e. The quantitative estimate of drug-likeness (QED) is 0.118. The van der Waals surface area contributed by atoms with E-state index in [0.29, 0.717) is 36.9 Å². The van der Waals surface area contributed by atoms with Crippen molar-refractivity contribution in [2.24, 2.45) is 4.99 Å². The Hall–Kier alpha value is -2.43. The van der Waals surface area contributed by atoms with Crippen LogP contribution in [0, 0.1) is 6.92 Å². The lowest BCUT2D eigenvalue weighted by atomic mass is 9.99. The second kappa shape index (κ2) is 15.0. The lowest BCUT2D eigenvalue weighted by molar-refractivity contribution is 0.111. The van der Waals surface area contributed by atoms with Gasteiger partial charge in [0.1, 0.15) is 24.1 Å². The number of aliphatic imine (C=N–C) groups is 1. The number of benzene rings is 2. The fourth-order valence-corrected chi connectivity index (χ4v) is 3.88. The summed E-state index contributed by atoms with van der Waals surface area (Å²) in [5.41, 5.74) is 3.41. The molecule has 0 saturated carbocycles. The van der Waals surface area contributed by atoms with Crippen molar-refractivity contribution in [3.8, 4) is 11.4 Å². The molecule has 0 amide bonds. The number of nitrogens with one attached hydrogen (secondary N) is 1. The fourth-order valence-electron chi connectivity index (χ4n) is 3.62. The van der Waals surface area contributed by atoms with Crippen LogP contribution in [-0.2, 0) is 4.74 Å². The largest absolute Gasteiger partial charge is 0.497 e. The third kappa shape index (κ3) is 8.31. The van der Waals surface area contributed by atoms with Gasteiger partial charge in [-0.1, -0.05) is 23.7 Å². The second-order valence-corrected chi connectivity index (χ2v) is 9.05. The first-order chi connectivity index (χ1) is 17.5. The topological polar surface area (TPSA) is 93.8 Å². The van der Waals surface area contributed by atoms with E-state index in [9.17, 15) is 5.11 Å². The third-order valence-corrected chi connectivity index (χ3v) is 6.09. The van der Waals surface area contributed by atoms with Gasteiger partial charge in [-0.2, -0.15) is 12.6 Å². The minimum absolute atomic E-state index is 0.419. The molecule has 1 heterocycles. The van der Waals surface area contributed by atoms with E-state index in [-0.39, 0.29) is 0 Å². The van der Waals surface area contributed by atoms with E-state index in [2.05, 4.69) is 28.1 Å². The molecule has 3 aromatic rings. The van der Waals surface area contributed by atoms with E-state index >= 15 is 0 Å². The number of hydrogen-bond acceptors (Lipinski definition) is 8. The van der Waals surface area contributed by atoms with Crippen LogP contribution in [0.5, 0.6) is 5.75 Å². The van der Waals surface area contributed by atoms with Crippen LogP contribution in [0.25, 0.3) is 5.69 Å². The monoisotopic (exact) mass is 531 g/mol. The molecular weight excluding hydrogens is 498 g/mol. The first kappa shape index (κ1) is 28.1. The molecule has 194 valence electrons. The summed E-state index contributed by atoms with van der Waals surface area (Å²) in [5, 5.41) is 22.4.